The van der Waals surface area contributed by atoms with Gasteiger partial charge in [-0.05, 0) is 48.1 Å². The standard InChI is InChI=1S/C22H24N4O3/c1-26-19-7-3-2-5-16(19)13-17(21(26)27)14-24-22(28)25-18-6-4-12-29-20(18)15-8-10-23-11-9-15/h2-3,5,7-11,13,18,20H,4,6,12,14H2,1H3,(H2,24,25,28)/t18-,20+/m0/s1. The third-order valence-electron chi connectivity index (χ3n) is 5.32. The molecule has 1 aliphatic heterocycles. The van der Waals surface area contributed by atoms with Crippen molar-refractivity contribution in [2.24, 2.45) is 7.05 Å². The fraction of sp³-hybridized carbons (Fsp3) is 0.318. The number of carbonyl (C=O) groups is 1. The Hall–Kier alpha value is -3.19. The molecule has 0 spiro atoms. The summed E-state index contributed by atoms with van der Waals surface area (Å²) in [7, 11) is 1.74. The van der Waals surface area contributed by atoms with Gasteiger partial charge >= 0.3 is 6.03 Å². The second kappa shape index (κ2) is 8.45. The molecule has 1 fully saturated rings. The van der Waals surface area contributed by atoms with Crippen LogP contribution < -0.4 is 16.2 Å². The Balaban J connectivity index is 1.44. The fourth-order valence-electron chi connectivity index (χ4n) is 3.82. The molecule has 7 heteroatoms. The van der Waals surface area contributed by atoms with Crippen LogP contribution in [0, 0.1) is 0 Å². The second-order valence-corrected chi connectivity index (χ2v) is 7.24. The van der Waals surface area contributed by atoms with Gasteiger partial charge < -0.3 is 19.9 Å². The van der Waals surface area contributed by atoms with Crippen LogP contribution in [0.25, 0.3) is 10.9 Å². The van der Waals surface area contributed by atoms with Gasteiger partial charge in [0.25, 0.3) is 5.56 Å². The molecule has 3 aromatic rings. The Labute approximate surface area is 168 Å². The first-order valence-electron chi connectivity index (χ1n) is 9.77. The quantitative estimate of drug-likeness (QED) is 0.715. The number of para-hydroxylation sites is 1. The first-order valence-corrected chi connectivity index (χ1v) is 9.77. The van der Waals surface area contributed by atoms with Crippen molar-refractivity contribution >= 4 is 16.9 Å². The van der Waals surface area contributed by atoms with Gasteiger partial charge in [0.2, 0.25) is 0 Å². The molecule has 2 aromatic heterocycles. The molecule has 0 unspecified atom stereocenters. The molecule has 7 nitrogen and oxygen atoms in total. The lowest BCUT2D eigenvalue weighted by molar-refractivity contribution is -0.00747. The first kappa shape index (κ1) is 19.1. The van der Waals surface area contributed by atoms with Gasteiger partial charge in [-0.2, -0.15) is 0 Å². The lowest BCUT2D eigenvalue weighted by atomic mass is 9.97. The van der Waals surface area contributed by atoms with Gasteiger partial charge in [0.05, 0.1) is 11.6 Å². The molecule has 0 bridgehead atoms. The second-order valence-electron chi connectivity index (χ2n) is 7.24. The van der Waals surface area contributed by atoms with Gasteiger partial charge in [-0.25, -0.2) is 4.79 Å². The Morgan fingerprint density at radius 3 is 2.86 bits per heavy atom. The number of rotatable bonds is 4. The molecular formula is C22H24N4O3. The average Bonchev–Trinajstić information content (AvgIpc) is 2.76. The predicted octanol–water partition coefficient (Wildman–Crippen LogP) is 2.65. The van der Waals surface area contributed by atoms with Crippen molar-refractivity contribution in [1.82, 2.24) is 20.2 Å². The SMILES string of the molecule is Cn1c(=O)c(CNC(=O)N[C@H]2CCCO[C@@H]2c2ccncc2)cc2ccccc21. The van der Waals surface area contributed by atoms with Crippen LogP contribution in [0.5, 0.6) is 0 Å². The monoisotopic (exact) mass is 392 g/mol. The number of hydrogen-bond acceptors (Lipinski definition) is 4. The van der Waals surface area contributed by atoms with E-state index in [9.17, 15) is 9.59 Å². The molecule has 1 aromatic carbocycles. The zero-order valence-electron chi connectivity index (χ0n) is 16.3. The smallest absolute Gasteiger partial charge is 0.315 e. The molecule has 1 aliphatic rings. The minimum atomic E-state index is -0.310. The van der Waals surface area contributed by atoms with Crippen LogP contribution in [-0.2, 0) is 18.3 Å². The van der Waals surface area contributed by atoms with Crippen molar-refractivity contribution in [3.05, 3.63) is 76.3 Å². The van der Waals surface area contributed by atoms with E-state index in [1.807, 2.05) is 42.5 Å². The van der Waals surface area contributed by atoms with E-state index in [0.717, 1.165) is 29.3 Å². The number of aromatic nitrogens is 2. The zero-order chi connectivity index (χ0) is 20.2. The van der Waals surface area contributed by atoms with Crippen LogP contribution >= 0.6 is 0 Å². The summed E-state index contributed by atoms with van der Waals surface area (Å²) in [6.45, 7) is 0.830. The van der Waals surface area contributed by atoms with E-state index in [2.05, 4.69) is 15.6 Å². The molecule has 2 amide bonds. The highest BCUT2D eigenvalue weighted by molar-refractivity contribution is 5.80. The van der Waals surface area contributed by atoms with Crippen molar-refractivity contribution in [1.29, 1.82) is 0 Å². The normalized spacial score (nSPS) is 19.1. The summed E-state index contributed by atoms with van der Waals surface area (Å²) in [5.74, 6) is 0. The predicted molar refractivity (Wildman–Crippen MR) is 111 cm³/mol. The summed E-state index contributed by atoms with van der Waals surface area (Å²) in [5, 5.41) is 6.79. The Morgan fingerprint density at radius 2 is 2.03 bits per heavy atom. The number of fused-ring (bicyclic) bond motifs is 1. The Kier molecular flexibility index (Phi) is 5.57. The van der Waals surface area contributed by atoms with E-state index in [0.29, 0.717) is 12.2 Å². The van der Waals surface area contributed by atoms with Crippen LogP contribution in [0.2, 0.25) is 0 Å². The molecule has 3 heterocycles. The summed E-state index contributed by atoms with van der Waals surface area (Å²) in [6.07, 6.45) is 4.96. The lowest BCUT2D eigenvalue weighted by Gasteiger charge is -2.32. The van der Waals surface area contributed by atoms with E-state index in [-0.39, 0.29) is 30.3 Å². The molecule has 4 rings (SSSR count). The van der Waals surface area contributed by atoms with Crippen LogP contribution in [0.1, 0.15) is 30.1 Å². The van der Waals surface area contributed by atoms with Gasteiger partial charge in [0.15, 0.2) is 0 Å². The highest BCUT2D eigenvalue weighted by Crippen LogP contribution is 2.27. The van der Waals surface area contributed by atoms with Crippen molar-refractivity contribution in [3.63, 3.8) is 0 Å². The van der Waals surface area contributed by atoms with E-state index < -0.39 is 0 Å². The highest BCUT2D eigenvalue weighted by Gasteiger charge is 2.28. The fourth-order valence-corrected chi connectivity index (χ4v) is 3.82. The van der Waals surface area contributed by atoms with Crippen molar-refractivity contribution in [3.8, 4) is 0 Å². The number of ether oxygens (including phenoxy) is 1. The van der Waals surface area contributed by atoms with E-state index in [1.165, 1.54) is 0 Å². The molecule has 0 saturated carbocycles. The van der Waals surface area contributed by atoms with Gasteiger partial charge in [0.1, 0.15) is 6.10 Å². The van der Waals surface area contributed by atoms with Crippen LogP contribution in [0.3, 0.4) is 0 Å². The number of hydrogen-bond donors (Lipinski definition) is 2. The Morgan fingerprint density at radius 1 is 1.24 bits per heavy atom. The number of aryl methyl sites for hydroxylation is 1. The molecule has 2 atom stereocenters. The Bertz CT molecular complexity index is 1060. The van der Waals surface area contributed by atoms with Crippen LogP contribution in [0.4, 0.5) is 4.79 Å². The number of benzene rings is 1. The molecule has 2 N–H and O–H groups in total. The summed E-state index contributed by atoms with van der Waals surface area (Å²) in [6, 6.07) is 12.9. The minimum absolute atomic E-state index is 0.111. The number of pyridine rings is 2. The molecule has 0 radical (unpaired) electrons. The number of amides is 2. The number of nitrogens with zero attached hydrogens (tertiary/aromatic N) is 2. The van der Waals surface area contributed by atoms with E-state index >= 15 is 0 Å². The third kappa shape index (κ3) is 4.14. The van der Waals surface area contributed by atoms with Gasteiger partial charge in [-0.3, -0.25) is 9.78 Å². The maximum absolute atomic E-state index is 12.6. The third-order valence-corrected chi connectivity index (χ3v) is 5.32. The van der Waals surface area contributed by atoms with Gasteiger partial charge in [-0.15, -0.1) is 0 Å². The summed E-state index contributed by atoms with van der Waals surface area (Å²) < 4.78 is 7.51. The largest absolute Gasteiger partial charge is 0.371 e. The van der Waals surface area contributed by atoms with Crippen molar-refractivity contribution in [2.75, 3.05) is 6.61 Å². The lowest BCUT2D eigenvalue weighted by Crippen LogP contribution is -2.47. The zero-order valence-corrected chi connectivity index (χ0v) is 16.3. The molecule has 1 saturated heterocycles. The van der Waals surface area contributed by atoms with Gasteiger partial charge in [-0.1, -0.05) is 18.2 Å². The number of carbonyl (C=O) groups excluding carboxylic acids is 1. The molecule has 29 heavy (non-hydrogen) atoms. The first-order chi connectivity index (χ1) is 14.1. The van der Waals surface area contributed by atoms with E-state index in [4.69, 9.17) is 4.74 Å². The topological polar surface area (TPSA) is 85.2 Å². The molecular weight excluding hydrogens is 368 g/mol. The van der Waals surface area contributed by atoms with Crippen molar-refractivity contribution < 1.29 is 9.53 Å². The number of nitrogens with one attached hydrogen (secondary N) is 2. The maximum Gasteiger partial charge on any atom is 0.315 e. The summed E-state index contributed by atoms with van der Waals surface area (Å²) in [5.41, 5.74) is 2.30. The molecule has 0 aliphatic carbocycles. The van der Waals surface area contributed by atoms with E-state index in [1.54, 1.807) is 24.0 Å². The summed E-state index contributed by atoms with van der Waals surface area (Å²) in [4.78, 5) is 29.1. The van der Waals surface area contributed by atoms with Crippen molar-refractivity contribution in [2.45, 2.75) is 31.5 Å². The maximum atomic E-state index is 12.6. The highest BCUT2D eigenvalue weighted by atomic mass is 16.5. The molecule has 150 valence electrons. The van der Waals surface area contributed by atoms with Crippen LogP contribution in [-0.4, -0.2) is 28.2 Å². The van der Waals surface area contributed by atoms with Crippen LogP contribution in [0.15, 0.2) is 59.7 Å². The minimum Gasteiger partial charge on any atom is -0.371 e. The van der Waals surface area contributed by atoms with Gasteiger partial charge in [0, 0.05) is 38.2 Å². The summed E-state index contributed by atoms with van der Waals surface area (Å²) >= 11 is 0. The average molecular weight is 392 g/mol. The number of urea groups is 1.